The number of hydrogen-bond donors (Lipinski definition) is 0. The largest absolute Gasteiger partial charge is 0.376 e. The normalized spacial score (nSPS) is 28.9. The van der Waals surface area contributed by atoms with E-state index in [0.29, 0.717) is 0 Å². The molecule has 0 N–H and O–H groups in total. The van der Waals surface area contributed by atoms with Crippen molar-refractivity contribution >= 4 is 0 Å². The van der Waals surface area contributed by atoms with Crippen LogP contribution in [0.2, 0.25) is 0 Å². The van der Waals surface area contributed by atoms with Crippen LogP contribution in [0.5, 0.6) is 0 Å². The Morgan fingerprint density at radius 2 is 1.46 bits per heavy atom. The molecule has 2 saturated carbocycles. The molecule has 0 unspecified atom stereocenters. The monoisotopic (exact) mass is 380 g/mol. The van der Waals surface area contributed by atoms with Crippen LogP contribution >= 0.6 is 0 Å². The molecule has 0 amide bonds. The van der Waals surface area contributed by atoms with Crippen LogP contribution < -0.4 is 0 Å². The maximum absolute atomic E-state index is 5.76. The molecule has 0 radical (unpaired) electrons. The summed E-state index contributed by atoms with van der Waals surface area (Å²) in [6.45, 7) is 5.77. The predicted octanol–water partition coefficient (Wildman–Crippen LogP) is 7.83. The Balaban J connectivity index is 1.40. The molecule has 2 aliphatic carbocycles. The first-order valence-corrected chi connectivity index (χ1v) is 11.7. The van der Waals surface area contributed by atoms with Gasteiger partial charge in [-0.05, 0) is 106 Å². The average molecular weight is 381 g/mol. The molecular formula is C27H40O. The second-order valence-corrected chi connectivity index (χ2v) is 8.96. The van der Waals surface area contributed by atoms with Crippen LogP contribution in [0.25, 0.3) is 0 Å². The van der Waals surface area contributed by atoms with Crippen molar-refractivity contribution in [2.24, 2.45) is 17.8 Å². The highest BCUT2D eigenvalue weighted by atomic mass is 16.5. The molecule has 1 aromatic rings. The van der Waals surface area contributed by atoms with Gasteiger partial charge >= 0.3 is 0 Å². The fraction of sp³-hybridized carbons (Fsp3) is 0.630. The zero-order valence-electron chi connectivity index (χ0n) is 18.1. The van der Waals surface area contributed by atoms with Crippen molar-refractivity contribution in [3.05, 3.63) is 59.7 Å². The molecule has 0 spiro atoms. The summed E-state index contributed by atoms with van der Waals surface area (Å²) in [5.41, 5.74) is 2.85. The van der Waals surface area contributed by atoms with E-state index < -0.39 is 0 Å². The lowest BCUT2D eigenvalue weighted by atomic mass is 9.68. The van der Waals surface area contributed by atoms with E-state index in [4.69, 9.17) is 4.74 Å². The van der Waals surface area contributed by atoms with Crippen molar-refractivity contribution in [3.8, 4) is 0 Å². The number of ether oxygens (including phenoxy) is 1. The quantitative estimate of drug-likeness (QED) is 0.330. The molecule has 28 heavy (non-hydrogen) atoms. The maximum atomic E-state index is 5.76. The van der Waals surface area contributed by atoms with E-state index in [9.17, 15) is 0 Å². The Morgan fingerprint density at radius 1 is 0.821 bits per heavy atom. The molecule has 1 aromatic carbocycles. The molecule has 1 heteroatoms. The van der Waals surface area contributed by atoms with Crippen LogP contribution in [-0.4, -0.2) is 6.61 Å². The highest BCUT2D eigenvalue weighted by Gasteiger charge is 2.30. The van der Waals surface area contributed by atoms with Crippen LogP contribution in [-0.2, 0) is 11.3 Å². The summed E-state index contributed by atoms with van der Waals surface area (Å²) in [4.78, 5) is 0. The fourth-order valence-corrected chi connectivity index (χ4v) is 5.40. The highest BCUT2D eigenvalue weighted by molar-refractivity contribution is 5.25. The summed E-state index contributed by atoms with van der Waals surface area (Å²) in [5.74, 6) is 3.64. The van der Waals surface area contributed by atoms with E-state index in [0.717, 1.165) is 43.3 Å². The Bertz CT molecular complexity index is 596. The van der Waals surface area contributed by atoms with E-state index in [-0.39, 0.29) is 0 Å². The van der Waals surface area contributed by atoms with Gasteiger partial charge in [0.15, 0.2) is 0 Å². The van der Waals surface area contributed by atoms with Crippen LogP contribution in [0.3, 0.4) is 0 Å². The topological polar surface area (TPSA) is 9.23 Å². The number of hydrogen-bond acceptors (Lipinski definition) is 1. The van der Waals surface area contributed by atoms with Gasteiger partial charge in [-0.25, -0.2) is 0 Å². The molecule has 0 aliphatic heterocycles. The van der Waals surface area contributed by atoms with Gasteiger partial charge in [0.05, 0.1) is 13.2 Å². The Labute approximate surface area is 173 Å². The van der Waals surface area contributed by atoms with Crippen LogP contribution in [0.1, 0.15) is 88.7 Å². The van der Waals surface area contributed by atoms with Crippen molar-refractivity contribution in [1.29, 1.82) is 0 Å². The summed E-state index contributed by atoms with van der Waals surface area (Å²) in [5, 5.41) is 0. The van der Waals surface area contributed by atoms with Crippen LogP contribution in [0.15, 0.2) is 48.6 Å². The molecule has 2 fully saturated rings. The fourth-order valence-electron chi connectivity index (χ4n) is 5.40. The van der Waals surface area contributed by atoms with Gasteiger partial charge in [0, 0.05) is 0 Å². The lowest BCUT2D eigenvalue weighted by Gasteiger charge is -2.37. The Morgan fingerprint density at radius 3 is 2.07 bits per heavy atom. The van der Waals surface area contributed by atoms with Gasteiger partial charge < -0.3 is 4.74 Å². The smallest absolute Gasteiger partial charge is 0.0717 e. The third-order valence-electron chi connectivity index (χ3n) is 7.10. The predicted molar refractivity (Wildman–Crippen MR) is 120 cm³/mol. The van der Waals surface area contributed by atoms with Gasteiger partial charge in [-0.1, -0.05) is 48.6 Å². The minimum Gasteiger partial charge on any atom is -0.376 e. The first kappa shape index (κ1) is 21.4. The minimum atomic E-state index is 0.737. The standard InChI is InChI=1S/C27H40O/c1-3-5-6-20-28-21-23-10-14-25(15-11-23)27-18-16-26(17-19-27)24-12-8-22(7-4-2)9-13-24/h3-5,7,10-11,14-15,22,24,26-27H,6,8-9,12-13,16-21H2,1-2H3/b5-3+,7-4-/t22-,24-,26?,27?. The molecule has 3 rings (SSSR count). The third-order valence-corrected chi connectivity index (χ3v) is 7.10. The molecule has 0 heterocycles. The molecule has 1 nitrogen and oxygen atoms in total. The molecule has 154 valence electrons. The lowest BCUT2D eigenvalue weighted by Crippen LogP contribution is -2.25. The van der Waals surface area contributed by atoms with Crippen molar-refractivity contribution in [3.63, 3.8) is 0 Å². The maximum Gasteiger partial charge on any atom is 0.0717 e. The number of benzene rings is 1. The molecule has 2 aliphatic rings. The van der Waals surface area contributed by atoms with Gasteiger partial charge in [0.25, 0.3) is 0 Å². The summed E-state index contributed by atoms with van der Waals surface area (Å²) in [6.07, 6.45) is 21.4. The van der Waals surface area contributed by atoms with Gasteiger partial charge in [-0.2, -0.15) is 0 Å². The van der Waals surface area contributed by atoms with Gasteiger partial charge in [0.2, 0.25) is 0 Å². The summed E-state index contributed by atoms with van der Waals surface area (Å²) >= 11 is 0. The molecule has 0 atom stereocenters. The lowest BCUT2D eigenvalue weighted by molar-refractivity contribution is 0.125. The van der Waals surface area contributed by atoms with Crippen LogP contribution in [0.4, 0.5) is 0 Å². The van der Waals surface area contributed by atoms with E-state index in [1.54, 1.807) is 5.56 Å². The zero-order chi connectivity index (χ0) is 19.6. The van der Waals surface area contributed by atoms with Crippen molar-refractivity contribution in [2.75, 3.05) is 6.61 Å². The molecule has 0 bridgehead atoms. The first-order chi connectivity index (χ1) is 13.8. The van der Waals surface area contributed by atoms with E-state index in [2.05, 4.69) is 62.4 Å². The SMILES string of the molecule is C/C=C\[C@H]1CC[C@H](C2CCC(c3ccc(COCC/C=C/C)cc3)CC2)CC1. The second-order valence-electron chi connectivity index (χ2n) is 8.96. The van der Waals surface area contributed by atoms with Gasteiger partial charge in [0.1, 0.15) is 0 Å². The van der Waals surface area contributed by atoms with E-state index >= 15 is 0 Å². The summed E-state index contributed by atoms with van der Waals surface area (Å²) in [6, 6.07) is 9.27. The minimum absolute atomic E-state index is 0.737. The van der Waals surface area contributed by atoms with Gasteiger partial charge in [-0.15, -0.1) is 0 Å². The van der Waals surface area contributed by atoms with E-state index in [1.165, 1.54) is 56.9 Å². The Hall–Kier alpha value is -1.34. The summed E-state index contributed by atoms with van der Waals surface area (Å²) in [7, 11) is 0. The number of allylic oxidation sites excluding steroid dienone is 3. The zero-order valence-corrected chi connectivity index (χ0v) is 18.1. The van der Waals surface area contributed by atoms with Crippen LogP contribution in [0, 0.1) is 17.8 Å². The van der Waals surface area contributed by atoms with E-state index in [1.807, 2.05) is 0 Å². The van der Waals surface area contributed by atoms with Gasteiger partial charge in [-0.3, -0.25) is 0 Å². The first-order valence-electron chi connectivity index (χ1n) is 11.7. The third kappa shape index (κ3) is 6.34. The molecule has 0 aromatic heterocycles. The second kappa shape index (κ2) is 11.6. The van der Waals surface area contributed by atoms with Crippen molar-refractivity contribution < 1.29 is 4.74 Å². The molecule has 0 saturated heterocycles. The van der Waals surface area contributed by atoms with Crippen molar-refractivity contribution in [1.82, 2.24) is 0 Å². The number of rotatable bonds is 8. The Kier molecular flexibility index (Phi) is 8.86. The van der Waals surface area contributed by atoms with Crippen molar-refractivity contribution in [2.45, 2.75) is 84.2 Å². The summed E-state index contributed by atoms with van der Waals surface area (Å²) < 4.78 is 5.76. The molecular weight excluding hydrogens is 340 g/mol. The highest BCUT2D eigenvalue weighted by Crippen LogP contribution is 2.44. The average Bonchev–Trinajstić information content (AvgIpc) is 2.75.